The molecule has 0 aliphatic carbocycles. The van der Waals surface area contributed by atoms with E-state index in [2.05, 4.69) is 9.97 Å². The number of hydrogen-bond donors (Lipinski definition) is 0. The van der Waals surface area contributed by atoms with Gasteiger partial charge in [0.25, 0.3) is 5.91 Å². The molecule has 0 N–H and O–H groups in total. The van der Waals surface area contributed by atoms with Gasteiger partial charge in [-0.2, -0.15) is 13.2 Å². The van der Waals surface area contributed by atoms with Crippen LogP contribution in [0.4, 0.5) is 13.2 Å². The van der Waals surface area contributed by atoms with Gasteiger partial charge >= 0.3 is 6.18 Å². The Hall–Kier alpha value is -3.21. The van der Waals surface area contributed by atoms with Crippen LogP contribution in [0, 0.1) is 0 Å². The standard InChI is InChI=1S/C20H16F3N3O4S/c1-31(28,29)15-10-26(11-15)19(27)17-5-2-12-8-13(3-6-16(12)25-17)30-14-4-7-18(24-9-14)20(21,22)23/h2-9,15H,10-11H2,1H3. The molecule has 0 bridgehead atoms. The van der Waals surface area contributed by atoms with Crippen LogP contribution in [0.2, 0.25) is 0 Å². The number of rotatable bonds is 4. The second-order valence-corrected chi connectivity index (χ2v) is 9.52. The minimum atomic E-state index is -4.52. The lowest BCUT2D eigenvalue weighted by Crippen LogP contribution is -2.56. The third-order valence-electron chi connectivity index (χ3n) is 4.88. The van der Waals surface area contributed by atoms with Crippen LogP contribution in [0.15, 0.2) is 48.7 Å². The molecule has 7 nitrogen and oxygen atoms in total. The molecule has 11 heteroatoms. The molecule has 1 aromatic carbocycles. The molecule has 0 atom stereocenters. The smallest absolute Gasteiger partial charge is 0.433 e. The van der Waals surface area contributed by atoms with E-state index >= 15 is 0 Å². The zero-order valence-corrected chi connectivity index (χ0v) is 16.9. The molecule has 0 unspecified atom stereocenters. The van der Waals surface area contributed by atoms with E-state index < -0.39 is 27.0 Å². The summed E-state index contributed by atoms with van der Waals surface area (Å²) in [4.78, 5) is 21.6. The summed E-state index contributed by atoms with van der Waals surface area (Å²) in [6, 6.07) is 10.0. The molecule has 0 spiro atoms. The Balaban J connectivity index is 1.48. The largest absolute Gasteiger partial charge is 0.456 e. The summed E-state index contributed by atoms with van der Waals surface area (Å²) in [6.45, 7) is 0.288. The van der Waals surface area contributed by atoms with Crippen molar-refractivity contribution in [3.05, 3.63) is 60.0 Å². The van der Waals surface area contributed by atoms with Crippen molar-refractivity contribution < 1.29 is 31.1 Å². The average Bonchev–Trinajstić information content (AvgIpc) is 2.65. The number of amides is 1. The summed E-state index contributed by atoms with van der Waals surface area (Å²) in [6.07, 6.45) is -2.39. The quantitative estimate of drug-likeness (QED) is 0.605. The summed E-state index contributed by atoms with van der Waals surface area (Å²) in [7, 11) is -3.18. The number of sulfone groups is 1. The Morgan fingerprint density at radius 2 is 1.81 bits per heavy atom. The lowest BCUT2D eigenvalue weighted by molar-refractivity contribution is -0.141. The van der Waals surface area contributed by atoms with Crippen molar-refractivity contribution >= 4 is 26.6 Å². The van der Waals surface area contributed by atoms with Crippen molar-refractivity contribution in [2.45, 2.75) is 11.4 Å². The number of benzene rings is 1. The minimum Gasteiger partial charge on any atom is -0.456 e. The van der Waals surface area contributed by atoms with Gasteiger partial charge in [-0.05, 0) is 36.4 Å². The first-order valence-electron chi connectivity index (χ1n) is 9.11. The van der Waals surface area contributed by atoms with Gasteiger partial charge in [0, 0.05) is 24.7 Å². The number of ether oxygens (including phenoxy) is 1. The summed E-state index contributed by atoms with van der Waals surface area (Å²) in [5.41, 5.74) is -0.297. The number of nitrogens with zero attached hydrogens (tertiary/aromatic N) is 3. The van der Waals surface area contributed by atoms with E-state index in [1.807, 2.05) is 0 Å². The molecule has 1 aliphatic heterocycles. The summed E-state index contributed by atoms with van der Waals surface area (Å²) in [5.74, 6) is 0.164. The Morgan fingerprint density at radius 3 is 2.42 bits per heavy atom. The zero-order valence-electron chi connectivity index (χ0n) is 16.1. The SMILES string of the molecule is CS(=O)(=O)C1CN(C(=O)c2ccc3cc(Oc4ccc(C(F)(F)F)nc4)ccc3n2)C1. The Bertz CT molecular complexity index is 1250. The van der Waals surface area contributed by atoms with Crippen LogP contribution in [0.3, 0.4) is 0 Å². The second-order valence-electron chi connectivity index (χ2n) is 7.19. The Morgan fingerprint density at radius 1 is 1.10 bits per heavy atom. The highest BCUT2D eigenvalue weighted by atomic mass is 32.2. The van der Waals surface area contributed by atoms with E-state index in [1.54, 1.807) is 24.3 Å². The summed E-state index contributed by atoms with van der Waals surface area (Å²) in [5, 5.41) is 0.114. The van der Waals surface area contributed by atoms with Crippen molar-refractivity contribution in [1.29, 1.82) is 0 Å². The molecule has 1 aliphatic rings. The molecular weight excluding hydrogens is 435 g/mol. The van der Waals surface area contributed by atoms with Crippen molar-refractivity contribution in [1.82, 2.24) is 14.9 Å². The molecule has 1 saturated heterocycles. The fraction of sp³-hybridized carbons (Fsp3) is 0.250. The number of aromatic nitrogens is 2. The Kier molecular flexibility index (Phi) is 5.08. The molecule has 31 heavy (non-hydrogen) atoms. The number of likely N-dealkylation sites (tertiary alicyclic amines) is 1. The molecule has 1 amide bonds. The van der Waals surface area contributed by atoms with Gasteiger partial charge in [-0.3, -0.25) is 4.79 Å². The van der Waals surface area contributed by atoms with Crippen LogP contribution in [0.25, 0.3) is 10.9 Å². The maximum atomic E-state index is 12.6. The number of carbonyl (C=O) groups is 1. The fourth-order valence-corrected chi connectivity index (χ4v) is 3.97. The molecule has 3 heterocycles. The summed E-state index contributed by atoms with van der Waals surface area (Å²) < 4.78 is 66.3. The number of halogens is 3. The number of hydrogen-bond acceptors (Lipinski definition) is 6. The molecule has 4 rings (SSSR count). The molecule has 3 aromatic rings. The lowest BCUT2D eigenvalue weighted by atomic mass is 10.1. The molecule has 0 saturated carbocycles. The van der Waals surface area contributed by atoms with Crippen molar-refractivity contribution in [3.63, 3.8) is 0 Å². The van der Waals surface area contributed by atoms with Gasteiger partial charge in [-0.1, -0.05) is 6.07 Å². The van der Waals surface area contributed by atoms with Gasteiger partial charge in [0.05, 0.1) is 17.0 Å². The van der Waals surface area contributed by atoms with Crippen LogP contribution >= 0.6 is 0 Å². The fourth-order valence-electron chi connectivity index (χ4n) is 3.07. The third kappa shape index (κ3) is 4.46. The number of pyridine rings is 2. The third-order valence-corrected chi connectivity index (χ3v) is 6.39. The highest BCUT2D eigenvalue weighted by molar-refractivity contribution is 7.91. The van der Waals surface area contributed by atoms with Crippen LogP contribution in [-0.4, -0.2) is 53.8 Å². The van der Waals surface area contributed by atoms with Gasteiger partial charge in [-0.15, -0.1) is 0 Å². The maximum absolute atomic E-state index is 12.6. The van der Waals surface area contributed by atoms with E-state index in [1.165, 1.54) is 17.0 Å². The van der Waals surface area contributed by atoms with E-state index in [0.29, 0.717) is 16.7 Å². The zero-order chi connectivity index (χ0) is 22.4. The number of alkyl halides is 3. The first-order chi connectivity index (χ1) is 14.5. The van der Waals surface area contributed by atoms with Crippen molar-refractivity contribution in [3.8, 4) is 11.5 Å². The van der Waals surface area contributed by atoms with E-state index in [4.69, 9.17) is 4.74 Å². The first-order valence-corrected chi connectivity index (χ1v) is 11.1. The topological polar surface area (TPSA) is 89.5 Å². The van der Waals surface area contributed by atoms with Crippen LogP contribution in [0.5, 0.6) is 11.5 Å². The molecule has 0 radical (unpaired) electrons. The van der Waals surface area contributed by atoms with Crippen LogP contribution in [-0.2, 0) is 16.0 Å². The van der Waals surface area contributed by atoms with E-state index in [-0.39, 0.29) is 30.4 Å². The van der Waals surface area contributed by atoms with Crippen molar-refractivity contribution in [2.75, 3.05) is 19.3 Å². The van der Waals surface area contributed by atoms with Crippen LogP contribution in [0.1, 0.15) is 16.2 Å². The lowest BCUT2D eigenvalue weighted by Gasteiger charge is -2.37. The van der Waals surface area contributed by atoms with E-state index in [0.717, 1.165) is 18.5 Å². The number of carbonyl (C=O) groups excluding carboxylic acids is 1. The predicted molar refractivity (Wildman–Crippen MR) is 106 cm³/mol. The van der Waals surface area contributed by atoms with Gasteiger partial charge in [0.15, 0.2) is 9.84 Å². The minimum absolute atomic E-state index is 0.144. The monoisotopic (exact) mass is 451 g/mol. The van der Waals surface area contributed by atoms with Crippen LogP contribution < -0.4 is 4.74 Å². The highest BCUT2D eigenvalue weighted by Crippen LogP contribution is 2.30. The van der Waals surface area contributed by atoms with Gasteiger partial charge in [0.2, 0.25) is 0 Å². The predicted octanol–water partition coefficient (Wildman–Crippen LogP) is 3.31. The highest BCUT2D eigenvalue weighted by Gasteiger charge is 2.38. The Labute approximate surface area is 175 Å². The molecular formula is C20H16F3N3O4S. The summed E-state index contributed by atoms with van der Waals surface area (Å²) >= 11 is 0. The maximum Gasteiger partial charge on any atom is 0.433 e. The van der Waals surface area contributed by atoms with E-state index in [9.17, 15) is 26.4 Å². The van der Waals surface area contributed by atoms with Gasteiger partial charge in [0.1, 0.15) is 22.9 Å². The first kappa shape index (κ1) is 21.0. The number of fused-ring (bicyclic) bond motifs is 1. The molecule has 2 aromatic heterocycles. The average molecular weight is 451 g/mol. The molecule has 162 valence electrons. The normalized spacial score (nSPS) is 15.0. The van der Waals surface area contributed by atoms with Gasteiger partial charge in [-0.25, -0.2) is 18.4 Å². The molecule has 1 fully saturated rings. The second kappa shape index (κ2) is 7.49. The van der Waals surface area contributed by atoms with Gasteiger partial charge < -0.3 is 9.64 Å². The van der Waals surface area contributed by atoms with Crippen molar-refractivity contribution in [2.24, 2.45) is 0 Å².